The summed E-state index contributed by atoms with van der Waals surface area (Å²) >= 11 is 8.23. The van der Waals surface area contributed by atoms with E-state index in [-0.39, 0.29) is 24.7 Å². The van der Waals surface area contributed by atoms with Gasteiger partial charge in [-0.25, -0.2) is 4.39 Å². The number of nitrogens with zero attached hydrogens (tertiary/aromatic N) is 4. The van der Waals surface area contributed by atoms with Crippen molar-refractivity contribution in [1.29, 1.82) is 0 Å². The average Bonchev–Trinajstić information content (AvgIpc) is 3.16. The first-order valence-corrected chi connectivity index (χ1v) is 9.34. The summed E-state index contributed by atoms with van der Waals surface area (Å²) < 4.78 is 18.2. The van der Waals surface area contributed by atoms with Crippen LogP contribution >= 0.6 is 34.2 Å². The van der Waals surface area contributed by atoms with Gasteiger partial charge in [0, 0.05) is 42.0 Å². The van der Waals surface area contributed by atoms with Crippen LogP contribution < -0.4 is 5.32 Å². The molecule has 0 radical (unpaired) electrons. The lowest BCUT2D eigenvalue weighted by molar-refractivity contribution is -0.116. The van der Waals surface area contributed by atoms with Gasteiger partial charge in [-0.3, -0.25) is 14.2 Å². The highest BCUT2D eigenvalue weighted by Crippen LogP contribution is 2.20. The predicted molar refractivity (Wildman–Crippen MR) is 106 cm³/mol. The van der Waals surface area contributed by atoms with Crippen LogP contribution in [-0.2, 0) is 17.9 Å². The first-order chi connectivity index (χ1) is 12.4. The number of benzene rings is 1. The van der Waals surface area contributed by atoms with Crippen molar-refractivity contribution >= 4 is 45.9 Å². The van der Waals surface area contributed by atoms with Gasteiger partial charge in [0.15, 0.2) is 5.82 Å². The van der Waals surface area contributed by atoms with Crippen LogP contribution in [0.15, 0.2) is 36.7 Å². The molecule has 26 heavy (non-hydrogen) atoms. The maximum Gasteiger partial charge on any atom is 0.227 e. The van der Waals surface area contributed by atoms with Crippen LogP contribution in [0, 0.1) is 16.3 Å². The number of aromatic nitrogens is 4. The van der Waals surface area contributed by atoms with Crippen LogP contribution in [0.3, 0.4) is 0 Å². The molecule has 0 atom stereocenters. The van der Waals surface area contributed by atoms with Gasteiger partial charge in [0.1, 0.15) is 5.82 Å². The quantitative estimate of drug-likeness (QED) is 0.537. The molecule has 2 aromatic heterocycles. The standard InChI is InChI=1S/C17H16ClFIN5O/c1-11-15(20)10-25(22-11)8-6-17(26)21-16-5-7-24(23-16)9-12-13(18)3-2-4-14(12)19/h2-5,7,10H,6,8-9H2,1H3,(H,21,23,26). The van der Waals surface area contributed by atoms with Crippen molar-refractivity contribution in [1.82, 2.24) is 19.6 Å². The first kappa shape index (κ1) is 18.8. The predicted octanol–water partition coefficient (Wildman–Crippen LogP) is 3.86. The van der Waals surface area contributed by atoms with Gasteiger partial charge in [-0.15, -0.1) is 0 Å². The van der Waals surface area contributed by atoms with Gasteiger partial charge in [0.25, 0.3) is 0 Å². The minimum absolute atomic E-state index is 0.165. The fraction of sp³-hybridized carbons (Fsp3) is 0.235. The van der Waals surface area contributed by atoms with E-state index in [9.17, 15) is 9.18 Å². The van der Waals surface area contributed by atoms with Crippen LogP contribution in [-0.4, -0.2) is 25.5 Å². The number of halogens is 3. The number of carbonyl (C=O) groups excluding carboxylic acids is 1. The molecule has 6 nitrogen and oxygen atoms in total. The maximum atomic E-state index is 13.8. The number of hydrogen-bond donors (Lipinski definition) is 1. The number of rotatable bonds is 6. The number of hydrogen-bond acceptors (Lipinski definition) is 3. The largest absolute Gasteiger partial charge is 0.309 e. The Morgan fingerprint density at radius 1 is 1.31 bits per heavy atom. The van der Waals surface area contributed by atoms with Gasteiger partial charge in [0.05, 0.1) is 15.8 Å². The lowest BCUT2D eigenvalue weighted by atomic mass is 10.2. The van der Waals surface area contributed by atoms with E-state index in [1.165, 1.54) is 10.7 Å². The van der Waals surface area contributed by atoms with Crippen LogP contribution in [0.2, 0.25) is 5.02 Å². The zero-order valence-electron chi connectivity index (χ0n) is 13.9. The summed E-state index contributed by atoms with van der Waals surface area (Å²) in [7, 11) is 0. The zero-order chi connectivity index (χ0) is 18.7. The Hall–Kier alpha value is -1.94. The van der Waals surface area contributed by atoms with Crippen molar-refractivity contribution in [3.05, 3.63) is 62.3 Å². The van der Waals surface area contributed by atoms with Crippen molar-refractivity contribution < 1.29 is 9.18 Å². The maximum absolute atomic E-state index is 13.8. The Labute approximate surface area is 168 Å². The molecule has 0 aliphatic heterocycles. The molecule has 0 unspecified atom stereocenters. The highest BCUT2D eigenvalue weighted by atomic mass is 127. The number of carbonyl (C=O) groups is 1. The summed E-state index contributed by atoms with van der Waals surface area (Å²) in [5.41, 5.74) is 1.30. The molecule has 1 amide bonds. The summed E-state index contributed by atoms with van der Waals surface area (Å²) in [5, 5.41) is 11.6. The third-order valence-corrected chi connectivity index (χ3v) is 5.16. The second-order valence-corrected chi connectivity index (χ2v) is 7.29. The second-order valence-electron chi connectivity index (χ2n) is 5.72. The van der Waals surface area contributed by atoms with E-state index in [1.54, 1.807) is 29.1 Å². The normalized spacial score (nSPS) is 10.9. The Kier molecular flexibility index (Phi) is 5.92. The first-order valence-electron chi connectivity index (χ1n) is 7.88. The molecule has 0 aliphatic rings. The van der Waals surface area contributed by atoms with Crippen molar-refractivity contribution in [3.63, 3.8) is 0 Å². The van der Waals surface area contributed by atoms with Crippen LogP contribution in [0.5, 0.6) is 0 Å². The second kappa shape index (κ2) is 8.17. The van der Waals surface area contributed by atoms with Crippen LogP contribution in [0.4, 0.5) is 10.2 Å². The Bertz CT molecular complexity index is 899. The van der Waals surface area contributed by atoms with E-state index >= 15 is 0 Å². The third kappa shape index (κ3) is 4.61. The number of aryl methyl sites for hydroxylation is 2. The summed E-state index contributed by atoms with van der Waals surface area (Å²) in [6.45, 7) is 2.60. The lowest BCUT2D eigenvalue weighted by Gasteiger charge is -2.06. The van der Waals surface area contributed by atoms with Gasteiger partial charge in [-0.1, -0.05) is 17.7 Å². The van der Waals surface area contributed by atoms with E-state index in [0.29, 0.717) is 22.9 Å². The molecular formula is C17H16ClFIN5O. The molecule has 9 heteroatoms. The molecule has 136 valence electrons. The Morgan fingerprint density at radius 2 is 2.12 bits per heavy atom. The molecule has 0 fully saturated rings. The topological polar surface area (TPSA) is 64.7 Å². The van der Waals surface area contributed by atoms with Crippen molar-refractivity contribution in [2.75, 3.05) is 5.32 Å². The molecule has 1 N–H and O–H groups in total. The third-order valence-electron chi connectivity index (χ3n) is 3.74. The number of anilines is 1. The SMILES string of the molecule is Cc1nn(CCC(=O)Nc2ccn(Cc3c(F)cccc3Cl)n2)cc1I. The highest BCUT2D eigenvalue weighted by molar-refractivity contribution is 14.1. The average molecular weight is 488 g/mol. The lowest BCUT2D eigenvalue weighted by Crippen LogP contribution is -2.15. The van der Waals surface area contributed by atoms with Gasteiger partial charge in [-0.2, -0.15) is 10.2 Å². The summed E-state index contributed by atoms with van der Waals surface area (Å²) in [6.07, 6.45) is 3.84. The Balaban J connectivity index is 1.57. The number of amides is 1. The smallest absolute Gasteiger partial charge is 0.227 e. The van der Waals surface area contributed by atoms with E-state index in [0.717, 1.165) is 9.26 Å². The molecular weight excluding hydrogens is 472 g/mol. The molecule has 3 rings (SSSR count). The molecule has 3 aromatic rings. The summed E-state index contributed by atoms with van der Waals surface area (Å²) in [4.78, 5) is 12.1. The van der Waals surface area contributed by atoms with Gasteiger partial charge >= 0.3 is 0 Å². The minimum Gasteiger partial charge on any atom is -0.309 e. The van der Waals surface area contributed by atoms with Crippen molar-refractivity contribution in [2.45, 2.75) is 26.4 Å². The summed E-state index contributed by atoms with van der Waals surface area (Å²) in [6, 6.07) is 6.20. The fourth-order valence-corrected chi connectivity index (χ4v) is 3.04. The van der Waals surface area contributed by atoms with E-state index in [1.807, 2.05) is 13.1 Å². The molecule has 1 aromatic carbocycles. The van der Waals surface area contributed by atoms with Crippen molar-refractivity contribution in [2.24, 2.45) is 0 Å². The van der Waals surface area contributed by atoms with Gasteiger partial charge < -0.3 is 5.32 Å². The van der Waals surface area contributed by atoms with E-state index in [2.05, 4.69) is 38.1 Å². The highest BCUT2D eigenvalue weighted by Gasteiger charge is 2.10. The molecule has 0 spiro atoms. The summed E-state index contributed by atoms with van der Waals surface area (Å²) in [5.74, 6) is -0.140. The van der Waals surface area contributed by atoms with E-state index < -0.39 is 0 Å². The molecule has 0 saturated carbocycles. The van der Waals surface area contributed by atoms with Crippen LogP contribution in [0.1, 0.15) is 17.7 Å². The van der Waals surface area contributed by atoms with E-state index in [4.69, 9.17) is 11.6 Å². The van der Waals surface area contributed by atoms with Gasteiger partial charge in [0.2, 0.25) is 5.91 Å². The monoisotopic (exact) mass is 487 g/mol. The molecule has 0 saturated heterocycles. The molecule has 0 aliphatic carbocycles. The van der Waals surface area contributed by atoms with Crippen molar-refractivity contribution in [3.8, 4) is 0 Å². The Morgan fingerprint density at radius 3 is 2.81 bits per heavy atom. The van der Waals surface area contributed by atoms with Crippen LogP contribution in [0.25, 0.3) is 0 Å². The van der Waals surface area contributed by atoms with Gasteiger partial charge in [-0.05, 0) is 41.6 Å². The zero-order valence-corrected chi connectivity index (χ0v) is 16.8. The molecule has 0 bridgehead atoms. The molecule has 2 heterocycles. The number of nitrogens with one attached hydrogen (secondary N) is 1. The minimum atomic E-state index is -0.386. The fourth-order valence-electron chi connectivity index (χ4n) is 2.39.